The van der Waals surface area contributed by atoms with Gasteiger partial charge in [0.25, 0.3) is 5.91 Å². The fourth-order valence-electron chi connectivity index (χ4n) is 4.38. The van der Waals surface area contributed by atoms with Crippen LogP contribution in [0.25, 0.3) is 0 Å². The van der Waals surface area contributed by atoms with E-state index in [4.69, 9.17) is 29.4 Å². The molecule has 1 unspecified atom stereocenters. The van der Waals surface area contributed by atoms with Gasteiger partial charge in [-0.25, -0.2) is 0 Å². The minimum atomic E-state index is -0.716. The smallest absolute Gasteiger partial charge is 0.259 e. The molecule has 2 amide bonds. The predicted molar refractivity (Wildman–Crippen MR) is 148 cm³/mol. The lowest BCUT2D eigenvalue weighted by Crippen LogP contribution is -2.32. The molecule has 210 valence electrons. The van der Waals surface area contributed by atoms with E-state index in [0.29, 0.717) is 39.9 Å². The molecule has 0 aromatic heterocycles. The van der Waals surface area contributed by atoms with Gasteiger partial charge < -0.3 is 40.1 Å². The lowest BCUT2D eigenvalue weighted by molar-refractivity contribution is -0.117. The fourth-order valence-corrected chi connectivity index (χ4v) is 4.38. The first kappa shape index (κ1) is 28.2. The van der Waals surface area contributed by atoms with Crippen molar-refractivity contribution in [3.63, 3.8) is 0 Å². The summed E-state index contributed by atoms with van der Waals surface area (Å²) in [5.41, 5.74) is 7.67. The van der Waals surface area contributed by atoms with Crippen molar-refractivity contribution in [1.29, 1.82) is 0 Å². The zero-order valence-electron chi connectivity index (χ0n) is 22.8. The molecule has 2 atom stereocenters. The molecule has 0 fully saturated rings. The Hall–Kier alpha value is -4.77. The van der Waals surface area contributed by atoms with Crippen LogP contribution in [-0.2, 0) is 4.79 Å². The molecule has 1 heterocycles. The van der Waals surface area contributed by atoms with E-state index < -0.39 is 18.1 Å². The second-order valence-corrected chi connectivity index (χ2v) is 9.02. The van der Waals surface area contributed by atoms with Crippen LogP contribution in [0.15, 0.2) is 48.5 Å². The quantitative estimate of drug-likeness (QED) is 0.361. The van der Waals surface area contributed by atoms with Crippen LogP contribution in [0.4, 0.5) is 11.4 Å². The lowest BCUT2D eigenvalue weighted by Gasteiger charge is -2.28. The third-order valence-corrected chi connectivity index (χ3v) is 6.35. The van der Waals surface area contributed by atoms with Crippen LogP contribution < -0.4 is 40.1 Å². The molecule has 3 aromatic rings. The summed E-state index contributed by atoms with van der Waals surface area (Å²) in [5, 5.41) is 5.51. The van der Waals surface area contributed by atoms with Gasteiger partial charge in [-0.2, -0.15) is 0 Å². The third-order valence-electron chi connectivity index (χ3n) is 6.35. The Balaban J connectivity index is 1.59. The van der Waals surface area contributed by atoms with E-state index in [2.05, 4.69) is 10.6 Å². The van der Waals surface area contributed by atoms with Gasteiger partial charge in [-0.3, -0.25) is 14.4 Å². The normalized spacial score (nSPS) is 14.8. The van der Waals surface area contributed by atoms with Gasteiger partial charge in [0, 0.05) is 17.4 Å². The SMILES string of the molecule is COc1ccc(NC(=O)[C@H](C)N)cc1C(=O)Nc1cccc(C2CC(=O)c3c(cc(OC)c(OC)c3OC)O2)c1. The number of hydrogen-bond acceptors (Lipinski definition) is 9. The van der Waals surface area contributed by atoms with E-state index in [0.717, 1.165) is 0 Å². The van der Waals surface area contributed by atoms with E-state index in [-0.39, 0.29) is 35.0 Å². The highest BCUT2D eigenvalue weighted by Crippen LogP contribution is 2.49. The summed E-state index contributed by atoms with van der Waals surface area (Å²) in [6.45, 7) is 1.56. The minimum absolute atomic E-state index is 0.0470. The Labute approximate surface area is 231 Å². The zero-order chi connectivity index (χ0) is 29.0. The number of nitrogens with two attached hydrogens (primary N) is 1. The van der Waals surface area contributed by atoms with Crippen LogP contribution in [0.2, 0.25) is 0 Å². The predicted octanol–water partition coefficient (Wildman–Crippen LogP) is 3.97. The van der Waals surface area contributed by atoms with Crippen LogP contribution in [0.1, 0.15) is 45.7 Å². The maximum absolute atomic E-state index is 13.2. The summed E-state index contributed by atoms with van der Waals surface area (Å²) in [5.74, 6) is 0.508. The molecule has 1 aliphatic heterocycles. The Morgan fingerprint density at radius 2 is 1.60 bits per heavy atom. The summed E-state index contributed by atoms with van der Waals surface area (Å²) in [4.78, 5) is 38.4. The number of anilines is 2. The molecule has 1 aliphatic rings. The van der Waals surface area contributed by atoms with Crippen molar-refractivity contribution in [1.82, 2.24) is 0 Å². The number of ketones is 1. The molecule has 0 saturated carbocycles. The highest BCUT2D eigenvalue weighted by molar-refractivity contribution is 6.07. The first-order chi connectivity index (χ1) is 19.2. The lowest BCUT2D eigenvalue weighted by atomic mass is 9.94. The van der Waals surface area contributed by atoms with Gasteiger partial charge in [-0.1, -0.05) is 12.1 Å². The Morgan fingerprint density at radius 1 is 0.900 bits per heavy atom. The number of fused-ring (bicyclic) bond motifs is 1. The summed E-state index contributed by atoms with van der Waals surface area (Å²) < 4.78 is 27.8. The first-order valence-corrected chi connectivity index (χ1v) is 12.4. The van der Waals surface area contributed by atoms with Crippen molar-refractivity contribution >= 4 is 29.0 Å². The zero-order valence-corrected chi connectivity index (χ0v) is 22.8. The standard InChI is InChI=1S/C29H31N3O8/c1-15(30)28(34)31-18-9-10-21(36-2)19(12-18)29(35)32-17-8-6-7-16(11-17)22-13-20(33)25-23(40-22)14-24(37-3)26(38-4)27(25)39-5/h6-12,14-15,22H,13,30H2,1-5H3,(H,31,34)(H,32,35)/t15-,22?/m0/s1. The van der Waals surface area contributed by atoms with Gasteiger partial charge in [0.1, 0.15) is 23.2 Å². The number of ether oxygens (including phenoxy) is 5. The van der Waals surface area contributed by atoms with E-state index in [1.807, 2.05) is 0 Å². The van der Waals surface area contributed by atoms with Crippen LogP contribution in [0, 0.1) is 0 Å². The fraction of sp³-hybridized carbons (Fsp3) is 0.276. The molecule has 3 aromatic carbocycles. The molecule has 11 nitrogen and oxygen atoms in total. The average molecular weight is 550 g/mol. The average Bonchev–Trinajstić information content (AvgIpc) is 2.95. The van der Waals surface area contributed by atoms with Gasteiger partial charge in [0.2, 0.25) is 11.7 Å². The summed E-state index contributed by atoms with van der Waals surface area (Å²) in [7, 11) is 5.84. The highest BCUT2D eigenvalue weighted by atomic mass is 16.5. The van der Waals surface area contributed by atoms with E-state index in [9.17, 15) is 14.4 Å². The van der Waals surface area contributed by atoms with E-state index in [1.165, 1.54) is 34.5 Å². The Morgan fingerprint density at radius 3 is 2.25 bits per heavy atom. The number of hydrogen-bond donors (Lipinski definition) is 3. The van der Waals surface area contributed by atoms with Crippen LogP contribution in [0.5, 0.6) is 28.7 Å². The Bertz CT molecular complexity index is 1450. The van der Waals surface area contributed by atoms with Crippen molar-refractivity contribution in [2.24, 2.45) is 5.73 Å². The minimum Gasteiger partial charge on any atom is -0.496 e. The monoisotopic (exact) mass is 549 g/mol. The largest absolute Gasteiger partial charge is 0.496 e. The topological polar surface area (TPSA) is 147 Å². The second kappa shape index (κ2) is 12.0. The first-order valence-electron chi connectivity index (χ1n) is 12.4. The Kier molecular flexibility index (Phi) is 8.44. The maximum Gasteiger partial charge on any atom is 0.259 e. The van der Waals surface area contributed by atoms with Gasteiger partial charge in [-0.15, -0.1) is 0 Å². The molecule has 0 saturated heterocycles. The third kappa shape index (κ3) is 5.64. The molecular formula is C29H31N3O8. The molecule has 40 heavy (non-hydrogen) atoms. The number of benzene rings is 3. The maximum atomic E-state index is 13.2. The van der Waals surface area contributed by atoms with Crippen molar-refractivity contribution in [3.8, 4) is 28.7 Å². The van der Waals surface area contributed by atoms with E-state index in [1.54, 1.807) is 49.4 Å². The molecule has 4 rings (SSSR count). The number of amides is 2. The molecule has 0 radical (unpaired) electrons. The molecule has 0 bridgehead atoms. The molecule has 0 aliphatic carbocycles. The number of carbonyl (C=O) groups is 3. The summed E-state index contributed by atoms with van der Waals surface area (Å²) in [6, 6.07) is 12.6. The second-order valence-electron chi connectivity index (χ2n) is 9.02. The van der Waals surface area contributed by atoms with E-state index >= 15 is 0 Å². The number of rotatable bonds is 9. The van der Waals surface area contributed by atoms with Crippen LogP contribution >= 0.6 is 0 Å². The molecule has 11 heteroatoms. The number of methoxy groups -OCH3 is 4. The van der Waals surface area contributed by atoms with Gasteiger partial charge in [-0.05, 0) is 42.8 Å². The van der Waals surface area contributed by atoms with Gasteiger partial charge in [0.15, 0.2) is 17.3 Å². The number of nitrogens with one attached hydrogen (secondary N) is 2. The summed E-state index contributed by atoms with van der Waals surface area (Å²) in [6.07, 6.45) is -0.572. The molecular weight excluding hydrogens is 518 g/mol. The van der Waals surface area contributed by atoms with Crippen molar-refractivity contribution in [2.75, 3.05) is 39.1 Å². The van der Waals surface area contributed by atoms with Crippen LogP contribution in [0.3, 0.4) is 0 Å². The highest BCUT2D eigenvalue weighted by Gasteiger charge is 2.34. The summed E-state index contributed by atoms with van der Waals surface area (Å²) >= 11 is 0. The van der Waals surface area contributed by atoms with Crippen LogP contribution in [-0.4, -0.2) is 52.1 Å². The van der Waals surface area contributed by atoms with Crippen molar-refractivity contribution in [2.45, 2.75) is 25.5 Å². The number of Topliss-reactive ketones (excluding diaryl/α,β-unsaturated/α-hetero) is 1. The van der Waals surface area contributed by atoms with Crippen molar-refractivity contribution < 1.29 is 38.1 Å². The number of carbonyl (C=O) groups excluding carboxylic acids is 3. The molecule has 4 N–H and O–H groups in total. The van der Waals surface area contributed by atoms with Crippen molar-refractivity contribution in [3.05, 3.63) is 65.2 Å². The van der Waals surface area contributed by atoms with Gasteiger partial charge in [0.05, 0.1) is 46.5 Å². The van der Waals surface area contributed by atoms with Gasteiger partial charge >= 0.3 is 0 Å². The molecule has 0 spiro atoms.